The van der Waals surface area contributed by atoms with Crippen molar-refractivity contribution in [3.63, 3.8) is 0 Å². The van der Waals surface area contributed by atoms with Gasteiger partial charge in [0.25, 0.3) is 0 Å². The lowest BCUT2D eigenvalue weighted by Crippen LogP contribution is -2.48. The average Bonchev–Trinajstić information content (AvgIpc) is 2.24. The van der Waals surface area contributed by atoms with Crippen LogP contribution in [-0.4, -0.2) is 40.7 Å². The molecule has 0 saturated carbocycles. The molecule has 88 valence electrons. The van der Waals surface area contributed by atoms with Gasteiger partial charge in [-0.05, 0) is 50.6 Å². The fourth-order valence-electron chi connectivity index (χ4n) is 3.18. The maximum atomic E-state index is 2.70. The molecule has 15 heavy (non-hydrogen) atoms. The summed E-state index contributed by atoms with van der Waals surface area (Å²) in [5, 5.41) is 0. The van der Waals surface area contributed by atoms with Crippen molar-refractivity contribution in [2.24, 2.45) is 5.41 Å². The van der Waals surface area contributed by atoms with Crippen molar-refractivity contribution in [2.75, 3.05) is 32.7 Å². The van der Waals surface area contributed by atoms with Crippen molar-refractivity contribution in [1.29, 1.82) is 0 Å². The predicted molar refractivity (Wildman–Crippen MR) is 73.2 cm³/mol. The topological polar surface area (TPSA) is 6.48 Å². The third-order valence-corrected chi connectivity index (χ3v) is 5.01. The predicted octanol–water partition coefficient (Wildman–Crippen LogP) is 2.92. The van der Waals surface area contributed by atoms with Gasteiger partial charge in [-0.1, -0.05) is 6.92 Å². The molecule has 0 aromatic heterocycles. The summed E-state index contributed by atoms with van der Waals surface area (Å²) < 4.78 is 2.46. The van der Waals surface area contributed by atoms with Crippen LogP contribution in [-0.2, 0) is 0 Å². The molecule has 0 unspecified atom stereocenters. The van der Waals surface area contributed by atoms with Gasteiger partial charge in [-0.25, -0.2) is 3.11 Å². The summed E-state index contributed by atoms with van der Waals surface area (Å²) in [5.74, 6) is 0. The fraction of sp³-hybridized carbons (Fsp3) is 1.00. The summed E-state index contributed by atoms with van der Waals surface area (Å²) in [6.45, 7) is 8.96. The quantitative estimate of drug-likeness (QED) is 0.570. The van der Waals surface area contributed by atoms with Crippen LogP contribution in [0.2, 0.25) is 0 Å². The highest BCUT2D eigenvalue weighted by Gasteiger charge is 2.37. The highest BCUT2D eigenvalue weighted by molar-refractivity contribution is 14.1. The zero-order valence-corrected chi connectivity index (χ0v) is 12.0. The number of rotatable bonds is 2. The van der Waals surface area contributed by atoms with Crippen molar-refractivity contribution in [1.82, 2.24) is 8.01 Å². The van der Waals surface area contributed by atoms with E-state index in [2.05, 4.69) is 37.8 Å². The summed E-state index contributed by atoms with van der Waals surface area (Å²) in [4.78, 5) is 2.70. The highest BCUT2D eigenvalue weighted by atomic mass is 127. The van der Waals surface area contributed by atoms with E-state index in [9.17, 15) is 0 Å². The zero-order valence-electron chi connectivity index (χ0n) is 9.84. The van der Waals surface area contributed by atoms with Gasteiger partial charge in [-0.15, -0.1) is 0 Å². The number of hydrogen-bond donors (Lipinski definition) is 0. The molecule has 2 nitrogen and oxygen atoms in total. The molecule has 0 bridgehead atoms. The Bertz CT molecular complexity index is 198. The minimum Gasteiger partial charge on any atom is -0.303 e. The lowest BCUT2D eigenvalue weighted by molar-refractivity contribution is 0.0483. The molecule has 0 aromatic carbocycles. The summed E-state index contributed by atoms with van der Waals surface area (Å²) in [5.41, 5.74) is 0.690. The number of halogens is 1. The number of nitrogens with zero attached hydrogens (tertiary/aromatic N) is 2. The molecule has 2 fully saturated rings. The SMILES string of the molecule is CCCN1CCCC2(CCN(I)CC2)C1. The van der Waals surface area contributed by atoms with Crippen molar-refractivity contribution in [3.8, 4) is 0 Å². The van der Waals surface area contributed by atoms with Crippen LogP contribution in [0.25, 0.3) is 0 Å². The highest BCUT2D eigenvalue weighted by Crippen LogP contribution is 2.40. The van der Waals surface area contributed by atoms with Gasteiger partial charge in [0.05, 0.1) is 0 Å². The van der Waals surface area contributed by atoms with Crippen LogP contribution >= 0.6 is 22.9 Å². The van der Waals surface area contributed by atoms with Crippen molar-refractivity contribution < 1.29 is 0 Å². The lowest BCUT2D eigenvalue weighted by Gasteiger charge is -2.46. The molecule has 0 radical (unpaired) electrons. The Kier molecular flexibility index (Phi) is 4.30. The standard InChI is InChI=1S/C12H23IN2/c1-2-7-14-8-3-4-12(11-14)5-9-15(13)10-6-12/h2-11H2,1H3. The van der Waals surface area contributed by atoms with E-state index in [1.165, 1.54) is 64.8 Å². The first-order valence-electron chi connectivity index (χ1n) is 6.37. The zero-order chi connectivity index (χ0) is 10.7. The van der Waals surface area contributed by atoms with Gasteiger partial charge in [0, 0.05) is 42.5 Å². The molecular formula is C12H23IN2. The van der Waals surface area contributed by atoms with Gasteiger partial charge < -0.3 is 4.90 Å². The lowest BCUT2D eigenvalue weighted by atomic mass is 9.73. The van der Waals surface area contributed by atoms with Gasteiger partial charge in [0.1, 0.15) is 0 Å². The third-order valence-electron chi connectivity index (χ3n) is 4.05. The molecule has 1 spiro atoms. The van der Waals surface area contributed by atoms with Crippen molar-refractivity contribution in [3.05, 3.63) is 0 Å². The normalized spacial score (nSPS) is 28.4. The summed E-state index contributed by atoms with van der Waals surface area (Å²) >= 11 is 2.48. The third kappa shape index (κ3) is 3.07. The van der Waals surface area contributed by atoms with Gasteiger partial charge >= 0.3 is 0 Å². The molecule has 0 aliphatic carbocycles. The van der Waals surface area contributed by atoms with Crippen LogP contribution in [0.15, 0.2) is 0 Å². The summed E-state index contributed by atoms with van der Waals surface area (Å²) in [6.07, 6.45) is 7.08. The first-order chi connectivity index (χ1) is 7.24. The van der Waals surface area contributed by atoms with E-state index in [1.54, 1.807) is 0 Å². The van der Waals surface area contributed by atoms with Crippen molar-refractivity contribution >= 4 is 22.9 Å². The number of likely N-dealkylation sites (tertiary alicyclic amines) is 1. The largest absolute Gasteiger partial charge is 0.303 e. The molecule has 2 saturated heterocycles. The van der Waals surface area contributed by atoms with E-state index >= 15 is 0 Å². The second-order valence-corrected chi connectivity index (χ2v) is 6.65. The van der Waals surface area contributed by atoms with E-state index in [-0.39, 0.29) is 0 Å². The Morgan fingerprint density at radius 1 is 1.13 bits per heavy atom. The molecule has 0 amide bonds. The van der Waals surface area contributed by atoms with E-state index in [0.717, 1.165) is 0 Å². The fourth-order valence-corrected chi connectivity index (χ4v) is 3.66. The number of piperidine rings is 2. The molecule has 0 aromatic rings. The van der Waals surface area contributed by atoms with Gasteiger partial charge in [-0.3, -0.25) is 0 Å². The van der Waals surface area contributed by atoms with E-state index in [0.29, 0.717) is 5.41 Å². The van der Waals surface area contributed by atoms with Gasteiger partial charge in [0.2, 0.25) is 0 Å². The van der Waals surface area contributed by atoms with Crippen molar-refractivity contribution in [2.45, 2.75) is 39.0 Å². The maximum Gasteiger partial charge on any atom is 0.0201 e. The van der Waals surface area contributed by atoms with E-state index < -0.39 is 0 Å². The molecule has 2 rings (SSSR count). The Morgan fingerprint density at radius 3 is 2.53 bits per heavy atom. The Labute approximate surface area is 108 Å². The summed E-state index contributed by atoms with van der Waals surface area (Å²) in [7, 11) is 0. The molecule has 0 N–H and O–H groups in total. The first-order valence-corrected chi connectivity index (χ1v) is 7.34. The average molecular weight is 322 g/mol. The van der Waals surface area contributed by atoms with Crippen LogP contribution in [0, 0.1) is 5.41 Å². The molecule has 2 aliphatic rings. The minimum atomic E-state index is 0.690. The second-order valence-electron chi connectivity index (χ2n) is 5.29. The van der Waals surface area contributed by atoms with Gasteiger partial charge in [0.15, 0.2) is 0 Å². The van der Waals surface area contributed by atoms with Crippen LogP contribution in [0.5, 0.6) is 0 Å². The molecule has 2 heterocycles. The Morgan fingerprint density at radius 2 is 1.87 bits per heavy atom. The van der Waals surface area contributed by atoms with Crippen LogP contribution in [0.4, 0.5) is 0 Å². The van der Waals surface area contributed by atoms with Crippen LogP contribution in [0.3, 0.4) is 0 Å². The van der Waals surface area contributed by atoms with Crippen LogP contribution in [0.1, 0.15) is 39.0 Å². The van der Waals surface area contributed by atoms with Gasteiger partial charge in [-0.2, -0.15) is 0 Å². The summed E-state index contributed by atoms with van der Waals surface area (Å²) in [6, 6.07) is 0. The van der Waals surface area contributed by atoms with E-state index in [1.807, 2.05) is 0 Å². The molecular weight excluding hydrogens is 299 g/mol. The first kappa shape index (κ1) is 12.1. The maximum absolute atomic E-state index is 2.70. The molecule has 0 atom stereocenters. The minimum absolute atomic E-state index is 0.690. The van der Waals surface area contributed by atoms with Crippen LogP contribution < -0.4 is 0 Å². The Balaban J connectivity index is 1.90. The monoisotopic (exact) mass is 322 g/mol. The molecule has 2 aliphatic heterocycles. The smallest absolute Gasteiger partial charge is 0.0201 e. The Hall–Kier alpha value is 0.650. The second kappa shape index (κ2) is 5.32. The molecule has 3 heteroatoms. The van der Waals surface area contributed by atoms with E-state index in [4.69, 9.17) is 0 Å². The number of hydrogen-bond acceptors (Lipinski definition) is 2.